The van der Waals surface area contributed by atoms with Crippen molar-refractivity contribution in [2.24, 2.45) is 0 Å². The Kier molecular flexibility index (Phi) is 3.94. The topological polar surface area (TPSA) is 49.8 Å². The van der Waals surface area contributed by atoms with Crippen molar-refractivity contribution in [2.45, 2.75) is 19.4 Å². The normalized spacial score (nSPS) is 17.1. The molecule has 0 bridgehead atoms. The molecule has 1 amide bonds. The molecule has 114 valence electrons. The number of hydrogen-bond donors (Lipinski definition) is 1. The number of rotatable bonds is 3. The van der Waals surface area contributed by atoms with E-state index in [0.717, 1.165) is 5.56 Å². The van der Waals surface area contributed by atoms with Crippen LogP contribution in [0.15, 0.2) is 42.5 Å². The summed E-state index contributed by atoms with van der Waals surface area (Å²) in [5.74, 6) is 0.555. The van der Waals surface area contributed by atoms with E-state index in [1.165, 1.54) is 6.07 Å². The van der Waals surface area contributed by atoms with Gasteiger partial charge in [0.1, 0.15) is 11.5 Å². The van der Waals surface area contributed by atoms with Crippen molar-refractivity contribution in [1.82, 2.24) is 0 Å². The van der Waals surface area contributed by atoms with Crippen molar-refractivity contribution < 1.29 is 14.6 Å². The molecular formula is C17H16ClNO3. The van der Waals surface area contributed by atoms with Crippen molar-refractivity contribution in [3.63, 3.8) is 0 Å². The van der Waals surface area contributed by atoms with Crippen molar-refractivity contribution in [1.29, 1.82) is 0 Å². The Morgan fingerprint density at radius 2 is 2.09 bits per heavy atom. The van der Waals surface area contributed by atoms with E-state index in [2.05, 4.69) is 0 Å². The lowest BCUT2D eigenvalue weighted by atomic mass is 10.0. The van der Waals surface area contributed by atoms with Gasteiger partial charge in [0.25, 0.3) is 5.91 Å². The quantitative estimate of drug-likeness (QED) is 0.944. The molecule has 0 fully saturated rings. The number of carbonyl (C=O) groups excluding carboxylic acids is 1. The molecule has 0 spiro atoms. The molecule has 22 heavy (non-hydrogen) atoms. The number of benzene rings is 2. The van der Waals surface area contributed by atoms with Gasteiger partial charge in [-0.15, -0.1) is 0 Å². The Balaban J connectivity index is 1.92. The van der Waals surface area contributed by atoms with Crippen LogP contribution in [0.3, 0.4) is 0 Å². The lowest BCUT2D eigenvalue weighted by molar-refractivity contribution is -0.126. The minimum absolute atomic E-state index is 0.0827. The molecule has 1 heterocycles. The number of amides is 1. The number of anilines is 1. The van der Waals surface area contributed by atoms with E-state index >= 15 is 0 Å². The molecular weight excluding hydrogens is 302 g/mol. The number of ether oxygens (including phenoxy) is 1. The fraction of sp³-hybridized carbons (Fsp3) is 0.235. The lowest BCUT2D eigenvalue weighted by Crippen LogP contribution is -2.46. The zero-order chi connectivity index (χ0) is 15.7. The highest BCUT2D eigenvalue weighted by atomic mass is 35.5. The smallest absolute Gasteiger partial charge is 0.268 e. The molecule has 0 aliphatic carbocycles. The van der Waals surface area contributed by atoms with E-state index in [1.807, 2.05) is 25.1 Å². The number of nitrogens with zero attached hydrogens (tertiary/aromatic N) is 1. The molecule has 0 saturated carbocycles. The second kappa shape index (κ2) is 5.89. The fourth-order valence-electron chi connectivity index (χ4n) is 2.65. The van der Waals surface area contributed by atoms with Crippen LogP contribution in [-0.4, -0.2) is 23.7 Å². The summed E-state index contributed by atoms with van der Waals surface area (Å²) >= 11 is 5.99. The van der Waals surface area contributed by atoms with Crippen LogP contribution >= 0.6 is 11.6 Å². The highest BCUT2D eigenvalue weighted by molar-refractivity contribution is 6.30. The number of carbonyl (C=O) groups is 1. The minimum Gasteiger partial charge on any atom is -0.508 e. The molecule has 2 aromatic rings. The number of phenolic OH excluding ortho intramolecular Hbond substituents is 1. The molecule has 2 aromatic carbocycles. The summed E-state index contributed by atoms with van der Waals surface area (Å²) in [5, 5.41) is 10.3. The maximum absolute atomic E-state index is 12.6. The van der Waals surface area contributed by atoms with Crippen LogP contribution in [-0.2, 0) is 11.2 Å². The Labute approximate surface area is 133 Å². The van der Waals surface area contributed by atoms with Gasteiger partial charge < -0.3 is 14.7 Å². The van der Waals surface area contributed by atoms with Gasteiger partial charge in [-0.2, -0.15) is 0 Å². The molecule has 1 unspecified atom stereocenters. The molecule has 0 saturated heterocycles. The summed E-state index contributed by atoms with van der Waals surface area (Å²) < 4.78 is 5.81. The Morgan fingerprint density at radius 3 is 2.82 bits per heavy atom. The summed E-state index contributed by atoms with van der Waals surface area (Å²) in [6.45, 7) is 2.46. The number of fused-ring (bicyclic) bond motifs is 1. The summed E-state index contributed by atoms with van der Waals surface area (Å²) in [6, 6.07) is 12.2. The third-order valence-electron chi connectivity index (χ3n) is 3.67. The molecule has 1 atom stereocenters. The maximum Gasteiger partial charge on any atom is 0.268 e. The average molecular weight is 318 g/mol. The summed E-state index contributed by atoms with van der Waals surface area (Å²) in [7, 11) is 0. The average Bonchev–Trinajstić information content (AvgIpc) is 2.48. The van der Waals surface area contributed by atoms with Gasteiger partial charge in [-0.25, -0.2) is 0 Å². The number of likely N-dealkylation sites (N-methyl/N-ethyl adjacent to an activating group) is 1. The van der Waals surface area contributed by atoms with Crippen LogP contribution in [0.25, 0.3) is 0 Å². The first-order valence-electron chi connectivity index (χ1n) is 7.14. The number of hydrogen-bond acceptors (Lipinski definition) is 3. The molecule has 1 aliphatic rings. The maximum atomic E-state index is 12.6. The van der Waals surface area contributed by atoms with E-state index in [4.69, 9.17) is 16.3 Å². The van der Waals surface area contributed by atoms with Crippen LogP contribution < -0.4 is 9.64 Å². The lowest BCUT2D eigenvalue weighted by Gasteiger charge is -2.33. The highest BCUT2D eigenvalue weighted by Crippen LogP contribution is 2.37. The van der Waals surface area contributed by atoms with Crippen molar-refractivity contribution in [3.8, 4) is 11.5 Å². The van der Waals surface area contributed by atoms with Gasteiger partial charge in [0.2, 0.25) is 0 Å². The molecule has 0 aromatic heterocycles. The number of phenols is 1. The molecule has 0 radical (unpaired) electrons. The highest BCUT2D eigenvalue weighted by Gasteiger charge is 2.33. The second-order valence-electron chi connectivity index (χ2n) is 5.18. The monoisotopic (exact) mass is 317 g/mol. The first kappa shape index (κ1) is 14.7. The molecule has 1 N–H and O–H groups in total. The largest absolute Gasteiger partial charge is 0.508 e. The molecule has 1 aliphatic heterocycles. The van der Waals surface area contributed by atoms with Crippen molar-refractivity contribution in [2.75, 3.05) is 11.4 Å². The van der Waals surface area contributed by atoms with Crippen LogP contribution in [0.5, 0.6) is 11.5 Å². The van der Waals surface area contributed by atoms with Gasteiger partial charge >= 0.3 is 0 Å². The SMILES string of the molecule is CCN1C(=O)C(Cc2cccc(Cl)c2)Oc2cc(O)ccc21. The summed E-state index contributed by atoms with van der Waals surface area (Å²) in [5.41, 5.74) is 1.62. The van der Waals surface area contributed by atoms with Crippen LogP contribution in [0.4, 0.5) is 5.69 Å². The van der Waals surface area contributed by atoms with Gasteiger partial charge in [-0.05, 0) is 36.8 Å². The van der Waals surface area contributed by atoms with E-state index in [1.54, 1.807) is 23.1 Å². The van der Waals surface area contributed by atoms with E-state index in [-0.39, 0.29) is 11.7 Å². The van der Waals surface area contributed by atoms with E-state index in [9.17, 15) is 9.90 Å². The predicted molar refractivity (Wildman–Crippen MR) is 85.7 cm³/mol. The third-order valence-corrected chi connectivity index (χ3v) is 3.91. The zero-order valence-corrected chi connectivity index (χ0v) is 12.9. The Hall–Kier alpha value is -2.20. The van der Waals surface area contributed by atoms with Crippen molar-refractivity contribution >= 4 is 23.2 Å². The first-order chi connectivity index (χ1) is 10.6. The van der Waals surface area contributed by atoms with Gasteiger partial charge in [-0.3, -0.25) is 4.79 Å². The van der Waals surface area contributed by atoms with E-state index < -0.39 is 6.10 Å². The summed E-state index contributed by atoms with van der Waals surface area (Å²) in [6.07, 6.45) is -0.182. The van der Waals surface area contributed by atoms with Gasteiger partial charge in [0, 0.05) is 24.1 Å². The minimum atomic E-state index is -0.618. The predicted octanol–water partition coefficient (Wildman–Crippen LogP) is 3.40. The van der Waals surface area contributed by atoms with Gasteiger partial charge in [-0.1, -0.05) is 23.7 Å². The first-order valence-corrected chi connectivity index (χ1v) is 7.51. The zero-order valence-electron chi connectivity index (χ0n) is 12.1. The molecule has 5 heteroatoms. The van der Waals surface area contributed by atoms with Gasteiger partial charge in [0.05, 0.1) is 5.69 Å². The van der Waals surface area contributed by atoms with Crippen LogP contribution in [0.1, 0.15) is 12.5 Å². The van der Waals surface area contributed by atoms with E-state index in [0.29, 0.717) is 29.4 Å². The Bertz CT molecular complexity index is 717. The van der Waals surface area contributed by atoms with Crippen LogP contribution in [0.2, 0.25) is 5.02 Å². The number of halogens is 1. The third kappa shape index (κ3) is 2.74. The summed E-state index contributed by atoms with van der Waals surface area (Å²) in [4.78, 5) is 14.3. The second-order valence-corrected chi connectivity index (χ2v) is 5.61. The van der Waals surface area contributed by atoms with Crippen molar-refractivity contribution in [3.05, 3.63) is 53.1 Å². The Morgan fingerprint density at radius 1 is 1.27 bits per heavy atom. The molecule has 4 nitrogen and oxygen atoms in total. The fourth-order valence-corrected chi connectivity index (χ4v) is 2.86. The molecule has 3 rings (SSSR count). The van der Waals surface area contributed by atoms with Gasteiger partial charge in [0.15, 0.2) is 6.10 Å². The number of aromatic hydroxyl groups is 1. The van der Waals surface area contributed by atoms with Crippen LogP contribution in [0, 0.1) is 0 Å². The standard InChI is InChI=1S/C17H16ClNO3/c1-2-19-14-7-6-13(20)10-15(14)22-16(17(19)21)9-11-4-3-5-12(18)8-11/h3-8,10,16,20H,2,9H2,1H3.